The second-order valence-electron chi connectivity index (χ2n) is 8.72. The van der Waals surface area contributed by atoms with Crippen LogP contribution in [0.25, 0.3) is 0 Å². The standard InChI is InChI=1S/C23H53N9O9/c1-22(26(4)37-30(8)40-29(7)36-24-3)17-13-11-15-19-34-21-25-35-20-16-12-14-18-23(2)27(5)38-31(9)41-32(10)39-28(6)33/h24-25,33H,1-2,11-21H2,3-10H3. The lowest BCUT2D eigenvalue weighted by atomic mass is 10.1. The number of hydrogen-bond acceptors (Lipinski definition) is 18. The van der Waals surface area contributed by atoms with Crippen molar-refractivity contribution in [3.05, 3.63) is 24.6 Å². The molecule has 0 saturated heterocycles. The van der Waals surface area contributed by atoms with Crippen molar-refractivity contribution in [3.8, 4) is 0 Å². The Morgan fingerprint density at radius 1 is 0.634 bits per heavy atom. The Morgan fingerprint density at radius 2 is 1.12 bits per heavy atom. The van der Waals surface area contributed by atoms with Crippen LogP contribution in [0.2, 0.25) is 0 Å². The smallest absolute Gasteiger partial charge is 0.119 e. The third-order valence-corrected chi connectivity index (χ3v) is 5.01. The van der Waals surface area contributed by atoms with Crippen LogP contribution in [0.15, 0.2) is 24.6 Å². The van der Waals surface area contributed by atoms with Crippen molar-refractivity contribution in [3.63, 3.8) is 0 Å². The summed E-state index contributed by atoms with van der Waals surface area (Å²) >= 11 is 0. The Bertz CT molecular complexity index is 670. The maximum Gasteiger partial charge on any atom is 0.119 e. The Labute approximate surface area is 244 Å². The van der Waals surface area contributed by atoms with Crippen LogP contribution in [-0.2, 0) is 39.2 Å². The lowest BCUT2D eigenvalue weighted by Gasteiger charge is -2.27. The van der Waals surface area contributed by atoms with Gasteiger partial charge in [0, 0.05) is 74.4 Å². The molecule has 0 heterocycles. The van der Waals surface area contributed by atoms with Crippen LogP contribution in [0.3, 0.4) is 0 Å². The van der Waals surface area contributed by atoms with Crippen LogP contribution < -0.4 is 11.0 Å². The zero-order chi connectivity index (χ0) is 31.0. The molecule has 0 aromatic heterocycles. The van der Waals surface area contributed by atoms with Gasteiger partial charge in [-0.15, -0.1) is 0 Å². The lowest BCUT2D eigenvalue weighted by Crippen LogP contribution is -2.37. The van der Waals surface area contributed by atoms with Crippen LogP contribution in [0.5, 0.6) is 0 Å². The largest absolute Gasteiger partial charge is 0.364 e. The van der Waals surface area contributed by atoms with Gasteiger partial charge < -0.3 is 4.74 Å². The molecule has 3 N–H and O–H groups in total. The van der Waals surface area contributed by atoms with Gasteiger partial charge in [-0.3, -0.25) is 10.0 Å². The summed E-state index contributed by atoms with van der Waals surface area (Å²) < 4.78 is 5.55. The minimum atomic E-state index is 0.338. The number of unbranched alkanes of at least 4 members (excludes halogenated alkanes) is 4. The Kier molecular flexibility index (Phi) is 24.0. The second-order valence-corrected chi connectivity index (χ2v) is 8.72. The van der Waals surface area contributed by atoms with E-state index in [1.807, 2.05) is 0 Å². The summed E-state index contributed by atoms with van der Waals surface area (Å²) in [6.07, 6.45) is 7.22. The van der Waals surface area contributed by atoms with Crippen molar-refractivity contribution in [1.29, 1.82) is 0 Å². The van der Waals surface area contributed by atoms with Gasteiger partial charge in [0.15, 0.2) is 0 Å². The zero-order valence-electron chi connectivity index (χ0n) is 26.0. The third-order valence-electron chi connectivity index (χ3n) is 5.01. The maximum absolute atomic E-state index is 9.00. The van der Waals surface area contributed by atoms with Crippen molar-refractivity contribution < 1.29 is 44.4 Å². The number of allylic oxidation sites excluding steroid dienone is 2. The van der Waals surface area contributed by atoms with Crippen LogP contribution >= 0.6 is 0 Å². The van der Waals surface area contributed by atoms with E-state index < -0.39 is 0 Å². The summed E-state index contributed by atoms with van der Waals surface area (Å²) in [5.74, 6) is 0. The summed E-state index contributed by atoms with van der Waals surface area (Å²) in [4.78, 5) is 36.3. The summed E-state index contributed by atoms with van der Waals surface area (Å²) in [7, 11) is 12.5. The SMILES string of the molecule is C=C(CCCCCOCNOCCCCCC(=C)N(C)ON(C)ON(C)ON(C)O)N(C)ON(C)ON(C)ONC. The molecule has 244 valence electrons. The first kappa shape index (κ1) is 39.4. The molecule has 0 atom stereocenters. The predicted molar refractivity (Wildman–Crippen MR) is 147 cm³/mol. The summed E-state index contributed by atoms with van der Waals surface area (Å²) in [6.45, 7) is 9.61. The van der Waals surface area contributed by atoms with Gasteiger partial charge >= 0.3 is 0 Å². The molecule has 18 nitrogen and oxygen atoms in total. The molecular formula is C23H53N9O9. The molecule has 0 spiro atoms. The van der Waals surface area contributed by atoms with Gasteiger partial charge in [-0.25, -0.2) is 10.1 Å². The van der Waals surface area contributed by atoms with Gasteiger partial charge in [-0.2, -0.15) is 40.6 Å². The topological polar surface area (TPSA) is 141 Å². The molecule has 0 saturated carbocycles. The van der Waals surface area contributed by atoms with Crippen molar-refractivity contribution in [2.24, 2.45) is 0 Å². The van der Waals surface area contributed by atoms with Crippen molar-refractivity contribution in [1.82, 2.24) is 47.2 Å². The molecule has 0 fully saturated rings. The van der Waals surface area contributed by atoms with Gasteiger partial charge in [0.05, 0.1) is 6.61 Å². The summed E-state index contributed by atoms with van der Waals surface area (Å²) in [6, 6.07) is 0. The molecule has 0 unspecified atom stereocenters. The van der Waals surface area contributed by atoms with E-state index in [0.717, 1.165) is 83.7 Å². The highest BCUT2D eigenvalue weighted by molar-refractivity contribution is 4.88. The van der Waals surface area contributed by atoms with Gasteiger partial charge in [-0.1, -0.05) is 26.0 Å². The minimum Gasteiger partial charge on any atom is -0.364 e. The Hall–Kier alpha value is -1.56. The molecule has 0 radical (unpaired) electrons. The molecule has 41 heavy (non-hydrogen) atoms. The van der Waals surface area contributed by atoms with Crippen molar-refractivity contribution >= 4 is 0 Å². The normalized spacial score (nSPS) is 12.0. The molecular weight excluding hydrogens is 546 g/mol. The van der Waals surface area contributed by atoms with E-state index >= 15 is 0 Å². The molecule has 0 aromatic carbocycles. The molecule has 0 aliphatic heterocycles. The van der Waals surface area contributed by atoms with Crippen molar-refractivity contribution in [2.45, 2.75) is 51.4 Å². The first-order valence-electron chi connectivity index (χ1n) is 13.3. The number of nitrogens with one attached hydrogen (secondary N) is 2. The highest BCUT2D eigenvalue weighted by Crippen LogP contribution is 2.13. The van der Waals surface area contributed by atoms with E-state index in [2.05, 4.69) is 24.1 Å². The summed E-state index contributed by atoms with van der Waals surface area (Å²) in [5.41, 5.74) is 6.91. The lowest BCUT2D eigenvalue weighted by molar-refractivity contribution is -0.596. The monoisotopic (exact) mass is 599 g/mol. The maximum atomic E-state index is 9.00. The molecule has 0 aliphatic carbocycles. The van der Waals surface area contributed by atoms with E-state index in [4.69, 9.17) is 44.4 Å². The number of ether oxygens (including phenoxy) is 1. The fraction of sp³-hybridized carbons (Fsp3) is 0.826. The number of hydroxylamine groups is 16. The van der Waals surface area contributed by atoms with Crippen LogP contribution in [-0.4, -0.2) is 118 Å². The number of rotatable bonds is 29. The highest BCUT2D eigenvalue weighted by Gasteiger charge is 2.12. The summed E-state index contributed by atoms with van der Waals surface area (Å²) in [5, 5.41) is 16.7. The average Bonchev–Trinajstić information content (AvgIpc) is 2.87. The molecule has 0 bridgehead atoms. The van der Waals surface area contributed by atoms with E-state index in [-0.39, 0.29) is 0 Å². The molecule has 0 amide bonds. The molecule has 0 aliphatic rings. The predicted octanol–water partition coefficient (Wildman–Crippen LogP) is 1.84. The van der Waals surface area contributed by atoms with E-state index in [1.165, 1.54) is 26.2 Å². The van der Waals surface area contributed by atoms with Crippen molar-refractivity contribution in [2.75, 3.05) is 76.3 Å². The minimum absolute atomic E-state index is 0.338. The van der Waals surface area contributed by atoms with Gasteiger partial charge in [0.25, 0.3) is 0 Å². The first-order chi connectivity index (χ1) is 19.5. The van der Waals surface area contributed by atoms with E-state index in [1.54, 1.807) is 40.3 Å². The second kappa shape index (κ2) is 25.0. The quantitative estimate of drug-likeness (QED) is 0.0653. The first-order valence-corrected chi connectivity index (χ1v) is 13.3. The van der Waals surface area contributed by atoms with Crippen LogP contribution in [0, 0.1) is 0 Å². The Balaban J connectivity index is 3.61. The zero-order valence-corrected chi connectivity index (χ0v) is 26.0. The van der Waals surface area contributed by atoms with Crippen LogP contribution in [0.1, 0.15) is 51.4 Å². The van der Waals surface area contributed by atoms with Gasteiger partial charge in [-0.05, 0) is 64.7 Å². The molecule has 0 rings (SSSR count). The molecule has 18 heteroatoms. The number of hydrogen-bond donors (Lipinski definition) is 3. The highest BCUT2D eigenvalue weighted by atomic mass is 17.2. The van der Waals surface area contributed by atoms with E-state index in [0.29, 0.717) is 25.2 Å². The average molecular weight is 600 g/mol. The van der Waals surface area contributed by atoms with Gasteiger partial charge in [0.2, 0.25) is 0 Å². The van der Waals surface area contributed by atoms with Gasteiger partial charge in [0.1, 0.15) is 6.73 Å². The van der Waals surface area contributed by atoms with E-state index in [9.17, 15) is 0 Å². The third kappa shape index (κ3) is 23.7. The fourth-order valence-electron chi connectivity index (χ4n) is 3.07. The number of nitrogens with zero attached hydrogens (tertiary/aromatic N) is 7. The molecule has 0 aromatic rings. The van der Waals surface area contributed by atoms with Crippen LogP contribution in [0.4, 0.5) is 0 Å². The fourth-order valence-corrected chi connectivity index (χ4v) is 3.07. The Morgan fingerprint density at radius 3 is 1.63 bits per heavy atom.